The van der Waals surface area contributed by atoms with E-state index in [0.29, 0.717) is 42.6 Å². The lowest BCUT2D eigenvalue weighted by molar-refractivity contribution is 0.208. The number of hydrogen-bond acceptors (Lipinski definition) is 2. The predicted molar refractivity (Wildman–Crippen MR) is 100 cm³/mol. The summed E-state index contributed by atoms with van der Waals surface area (Å²) < 4.78 is 13.9. The Balaban J connectivity index is 1.64. The van der Waals surface area contributed by atoms with Crippen molar-refractivity contribution in [2.45, 2.75) is 13.8 Å². The molecule has 6 heteroatoms. The first kappa shape index (κ1) is 17.5. The smallest absolute Gasteiger partial charge is 0.322 e. The Hall–Kier alpha value is -2.27. The number of rotatable bonds is 2. The molecule has 1 N–H and O–H groups in total. The summed E-state index contributed by atoms with van der Waals surface area (Å²) >= 11 is 6.26. The summed E-state index contributed by atoms with van der Waals surface area (Å²) in [6.07, 6.45) is 0. The average molecular weight is 362 g/mol. The van der Waals surface area contributed by atoms with Crippen molar-refractivity contribution in [2.75, 3.05) is 36.4 Å². The molecule has 0 saturated carbocycles. The molecule has 2 aromatic rings. The monoisotopic (exact) mass is 361 g/mol. The SMILES string of the molecule is Cc1cc(C)c(NC(=O)N2CCN(c3ccccc3F)CC2)c(Cl)c1. The van der Waals surface area contributed by atoms with E-state index in [1.54, 1.807) is 17.0 Å². The lowest BCUT2D eigenvalue weighted by Gasteiger charge is -2.36. The first-order valence-electron chi connectivity index (χ1n) is 8.28. The van der Waals surface area contributed by atoms with E-state index in [1.165, 1.54) is 6.07 Å². The third-order valence-corrected chi connectivity index (χ3v) is 4.72. The first-order valence-corrected chi connectivity index (χ1v) is 8.65. The second-order valence-corrected chi connectivity index (χ2v) is 6.70. The van der Waals surface area contributed by atoms with Gasteiger partial charge in [0.2, 0.25) is 0 Å². The van der Waals surface area contributed by atoms with Gasteiger partial charge < -0.3 is 15.1 Å². The van der Waals surface area contributed by atoms with Crippen LogP contribution in [0.1, 0.15) is 11.1 Å². The van der Waals surface area contributed by atoms with Gasteiger partial charge in [-0.05, 0) is 43.2 Å². The maximum atomic E-state index is 13.9. The molecule has 1 aliphatic rings. The van der Waals surface area contributed by atoms with Crippen molar-refractivity contribution in [3.05, 3.63) is 58.4 Å². The van der Waals surface area contributed by atoms with Gasteiger partial charge in [0.25, 0.3) is 0 Å². The number of benzene rings is 2. The second-order valence-electron chi connectivity index (χ2n) is 6.29. The minimum atomic E-state index is -0.234. The van der Waals surface area contributed by atoms with Crippen molar-refractivity contribution in [3.63, 3.8) is 0 Å². The Morgan fingerprint density at radius 3 is 2.44 bits per heavy atom. The number of nitrogens with one attached hydrogen (secondary N) is 1. The number of anilines is 2. The van der Waals surface area contributed by atoms with Gasteiger partial charge in [-0.25, -0.2) is 9.18 Å². The minimum Gasteiger partial charge on any atom is -0.366 e. The number of amides is 2. The molecule has 0 atom stereocenters. The molecule has 132 valence electrons. The molecule has 1 fully saturated rings. The van der Waals surface area contributed by atoms with E-state index in [2.05, 4.69) is 5.32 Å². The fourth-order valence-corrected chi connectivity index (χ4v) is 3.49. The van der Waals surface area contributed by atoms with Crippen molar-refractivity contribution >= 4 is 29.0 Å². The van der Waals surface area contributed by atoms with Crippen LogP contribution in [0.2, 0.25) is 5.02 Å². The van der Waals surface area contributed by atoms with Crippen molar-refractivity contribution in [2.24, 2.45) is 0 Å². The molecule has 0 unspecified atom stereocenters. The van der Waals surface area contributed by atoms with E-state index in [1.807, 2.05) is 36.9 Å². The van der Waals surface area contributed by atoms with E-state index < -0.39 is 0 Å². The Kier molecular flexibility index (Phi) is 5.13. The van der Waals surface area contributed by atoms with Crippen molar-refractivity contribution in [3.8, 4) is 0 Å². The van der Waals surface area contributed by atoms with Crippen molar-refractivity contribution < 1.29 is 9.18 Å². The van der Waals surface area contributed by atoms with Crippen LogP contribution in [0.15, 0.2) is 36.4 Å². The van der Waals surface area contributed by atoms with E-state index in [0.717, 1.165) is 11.1 Å². The van der Waals surface area contributed by atoms with Gasteiger partial charge in [-0.15, -0.1) is 0 Å². The van der Waals surface area contributed by atoms with E-state index in [9.17, 15) is 9.18 Å². The van der Waals surface area contributed by atoms with E-state index in [4.69, 9.17) is 11.6 Å². The van der Waals surface area contributed by atoms with Crippen LogP contribution < -0.4 is 10.2 Å². The number of halogens is 2. The number of piperazine rings is 1. The number of nitrogens with zero attached hydrogens (tertiary/aromatic N) is 2. The van der Waals surface area contributed by atoms with Gasteiger partial charge in [0.15, 0.2) is 0 Å². The molecule has 1 heterocycles. The van der Waals surface area contributed by atoms with Crippen LogP contribution in [0.5, 0.6) is 0 Å². The normalized spacial score (nSPS) is 14.6. The zero-order valence-electron chi connectivity index (χ0n) is 14.4. The van der Waals surface area contributed by atoms with Crippen LogP contribution in [0.25, 0.3) is 0 Å². The van der Waals surface area contributed by atoms with Gasteiger partial charge in [0, 0.05) is 26.2 Å². The summed E-state index contributed by atoms with van der Waals surface area (Å²) in [6.45, 7) is 6.13. The van der Waals surface area contributed by atoms with Crippen LogP contribution in [0, 0.1) is 19.7 Å². The van der Waals surface area contributed by atoms with Gasteiger partial charge in [-0.3, -0.25) is 0 Å². The maximum Gasteiger partial charge on any atom is 0.322 e. The van der Waals surface area contributed by atoms with Gasteiger partial charge in [-0.2, -0.15) is 0 Å². The highest BCUT2D eigenvalue weighted by molar-refractivity contribution is 6.34. The fraction of sp³-hybridized carbons (Fsp3) is 0.316. The Morgan fingerprint density at radius 1 is 1.12 bits per heavy atom. The summed E-state index contributed by atoms with van der Waals surface area (Å²) in [5, 5.41) is 3.44. The molecule has 0 spiro atoms. The Morgan fingerprint density at radius 2 is 1.80 bits per heavy atom. The minimum absolute atomic E-state index is 0.179. The third kappa shape index (κ3) is 3.87. The molecule has 1 aliphatic heterocycles. The average Bonchev–Trinajstić information content (AvgIpc) is 2.58. The molecule has 0 bridgehead atoms. The molecular weight excluding hydrogens is 341 g/mol. The number of carbonyl (C=O) groups excluding carboxylic acids is 1. The topological polar surface area (TPSA) is 35.6 Å². The molecule has 0 aromatic heterocycles. The van der Waals surface area contributed by atoms with E-state index in [-0.39, 0.29) is 11.8 Å². The molecule has 2 amide bonds. The lowest BCUT2D eigenvalue weighted by atomic mass is 10.1. The van der Waals surface area contributed by atoms with Crippen molar-refractivity contribution in [1.29, 1.82) is 0 Å². The number of para-hydroxylation sites is 1. The standard InChI is InChI=1S/C19H21ClFN3O/c1-13-11-14(2)18(15(20)12-13)22-19(25)24-9-7-23(8-10-24)17-6-4-3-5-16(17)21/h3-6,11-12H,7-10H2,1-2H3,(H,22,25). The van der Waals surface area contributed by atoms with E-state index >= 15 is 0 Å². The Labute approximate surface area is 152 Å². The van der Waals surface area contributed by atoms with Crippen LogP contribution in [0.4, 0.5) is 20.6 Å². The lowest BCUT2D eigenvalue weighted by Crippen LogP contribution is -2.50. The maximum absolute atomic E-state index is 13.9. The van der Waals surface area contributed by atoms with Crippen LogP contribution in [-0.2, 0) is 0 Å². The Bertz CT molecular complexity index is 765. The van der Waals surface area contributed by atoms with Gasteiger partial charge >= 0.3 is 6.03 Å². The van der Waals surface area contributed by atoms with Crippen LogP contribution in [0.3, 0.4) is 0 Å². The molecule has 25 heavy (non-hydrogen) atoms. The zero-order chi connectivity index (χ0) is 18.0. The summed E-state index contributed by atoms with van der Waals surface area (Å²) in [7, 11) is 0. The van der Waals surface area contributed by atoms with Crippen LogP contribution in [-0.4, -0.2) is 37.1 Å². The summed E-state index contributed by atoms with van der Waals surface area (Å²) in [5.41, 5.74) is 3.22. The molecule has 2 aromatic carbocycles. The number of aryl methyl sites for hydroxylation is 2. The van der Waals surface area contributed by atoms with Gasteiger partial charge in [0.1, 0.15) is 5.82 Å². The first-order chi connectivity index (χ1) is 12.0. The molecule has 3 rings (SSSR count). The molecule has 4 nitrogen and oxygen atoms in total. The quantitative estimate of drug-likeness (QED) is 0.857. The van der Waals surface area contributed by atoms with Crippen molar-refractivity contribution in [1.82, 2.24) is 4.90 Å². The number of carbonyl (C=O) groups is 1. The molecular formula is C19H21ClFN3O. The predicted octanol–water partition coefficient (Wildman–Crippen LogP) is 4.45. The summed E-state index contributed by atoms with van der Waals surface area (Å²) in [5.74, 6) is -0.234. The number of hydrogen-bond donors (Lipinski definition) is 1. The highest BCUT2D eigenvalue weighted by Crippen LogP contribution is 2.28. The van der Waals surface area contributed by atoms with Gasteiger partial charge in [0.05, 0.1) is 16.4 Å². The highest BCUT2D eigenvalue weighted by atomic mass is 35.5. The zero-order valence-corrected chi connectivity index (χ0v) is 15.1. The number of urea groups is 1. The third-order valence-electron chi connectivity index (χ3n) is 4.42. The summed E-state index contributed by atoms with van der Waals surface area (Å²) in [6, 6.07) is 10.4. The highest BCUT2D eigenvalue weighted by Gasteiger charge is 2.23. The van der Waals surface area contributed by atoms with Crippen LogP contribution >= 0.6 is 11.6 Å². The molecule has 0 aliphatic carbocycles. The molecule has 1 saturated heterocycles. The largest absolute Gasteiger partial charge is 0.366 e. The molecule has 0 radical (unpaired) electrons. The van der Waals surface area contributed by atoms with Gasteiger partial charge in [-0.1, -0.05) is 29.8 Å². The fourth-order valence-electron chi connectivity index (χ4n) is 3.12. The second kappa shape index (κ2) is 7.31. The summed E-state index contributed by atoms with van der Waals surface area (Å²) in [4.78, 5) is 16.2.